The van der Waals surface area contributed by atoms with E-state index in [1.165, 1.54) is 11.8 Å². The first-order chi connectivity index (χ1) is 14.5. The van der Waals surface area contributed by atoms with Crippen LogP contribution in [0.25, 0.3) is 0 Å². The Morgan fingerprint density at radius 2 is 1.70 bits per heavy atom. The largest absolute Gasteiger partial charge is 0.285 e. The molecule has 1 heterocycles. The van der Waals surface area contributed by atoms with E-state index in [9.17, 15) is 9.00 Å². The third-order valence-corrected chi connectivity index (χ3v) is 9.06. The van der Waals surface area contributed by atoms with Gasteiger partial charge in [0.25, 0.3) is 5.91 Å². The van der Waals surface area contributed by atoms with Gasteiger partial charge in [-0.05, 0) is 55.9 Å². The summed E-state index contributed by atoms with van der Waals surface area (Å²) in [5.74, 6) is -0.499. The van der Waals surface area contributed by atoms with Crippen molar-refractivity contribution >= 4 is 39.0 Å². The van der Waals surface area contributed by atoms with Crippen LogP contribution in [0.3, 0.4) is 0 Å². The molecule has 5 nitrogen and oxygen atoms in total. The van der Waals surface area contributed by atoms with E-state index >= 15 is 0 Å². The Hall–Kier alpha value is -2.22. The van der Waals surface area contributed by atoms with Gasteiger partial charge in [-0.1, -0.05) is 59.8 Å². The van der Waals surface area contributed by atoms with Crippen LogP contribution in [-0.4, -0.2) is 26.3 Å². The number of carbonyl (C=O) groups excluding carboxylic acids is 1. The van der Waals surface area contributed by atoms with Crippen molar-refractivity contribution < 1.29 is 9.00 Å². The maximum atomic E-state index is 14.7. The van der Waals surface area contributed by atoms with Crippen molar-refractivity contribution in [1.29, 1.82) is 0 Å². The molecule has 1 saturated carbocycles. The first kappa shape index (κ1) is 21.0. The number of hydrogen-bond acceptors (Lipinski definition) is 5. The van der Waals surface area contributed by atoms with Gasteiger partial charge in [0.15, 0.2) is 5.16 Å². The summed E-state index contributed by atoms with van der Waals surface area (Å²) in [5, 5.41) is 0.799. The van der Waals surface area contributed by atoms with Gasteiger partial charge in [0.05, 0.1) is 15.4 Å². The van der Waals surface area contributed by atoms with Crippen LogP contribution in [0.4, 0.5) is 0 Å². The predicted molar refractivity (Wildman–Crippen MR) is 120 cm³/mol. The molecule has 0 saturated heterocycles. The lowest BCUT2D eigenvalue weighted by Crippen LogP contribution is -2.43. The van der Waals surface area contributed by atoms with Crippen molar-refractivity contribution in [1.82, 2.24) is 9.97 Å². The van der Waals surface area contributed by atoms with Gasteiger partial charge in [-0.15, -0.1) is 0 Å². The molecule has 8 heteroatoms. The lowest BCUT2D eigenvalue weighted by atomic mass is 9.81. The third-order valence-electron chi connectivity index (χ3n) is 5.31. The normalized spacial score (nSPS) is 16.9. The molecule has 1 aliphatic carbocycles. The van der Waals surface area contributed by atoms with Crippen LogP contribution in [0.2, 0.25) is 5.15 Å². The molecular formula is C22H20ClN3O2S2. The fourth-order valence-electron chi connectivity index (χ4n) is 3.61. The van der Waals surface area contributed by atoms with Gasteiger partial charge in [0.2, 0.25) is 0 Å². The highest BCUT2D eigenvalue weighted by molar-refractivity contribution is 7.98. The van der Waals surface area contributed by atoms with E-state index in [0.717, 1.165) is 6.42 Å². The summed E-state index contributed by atoms with van der Waals surface area (Å²) in [5.41, 5.74) is 0.984. The van der Waals surface area contributed by atoms with E-state index in [0.29, 0.717) is 39.3 Å². The highest BCUT2D eigenvalue weighted by Crippen LogP contribution is 2.51. The molecule has 1 aliphatic rings. The average molecular weight is 458 g/mol. The van der Waals surface area contributed by atoms with E-state index in [1.807, 2.05) is 30.5 Å². The van der Waals surface area contributed by atoms with Crippen molar-refractivity contribution in [3.63, 3.8) is 0 Å². The quantitative estimate of drug-likeness (QED) is 0.283. The molecule has 0 spiro atoms. The van der Waals surface area contributed by atoms with Crippen molar-refractivity contribution in [2.75, 3.05) is 6.26 Å². The van der Waals surface area contributed by atoms with Crippen molar-refractivity contribution in [3.8, 4) is 0 Å². The number of hydrogen-bond donors (Lipinski definition) is 0. The van der Waals surface area contributed by atoms with Crippen LogP contribution in [-0.2, 0) is 14.5 Å². The molecule has 30 heavy (non-hydrogen) atoms. The Bertz CT molecular complexity index is 1190. The number of nitrogens with zero attached hydrogens (tertiary/aromatic N) is 3. The fraction of sp³-hybridized carbons (Fsp3) is 0.227. The zero-order valence-corrected chi connectivity index (χ0v) is 18.7. The fourth-order valence-corrected chi connectivity index (χ4v) is 7.05. The Balaban J connectivity index is 1.96. The third kappa shape index (κ3) is 3.66. The van der Waals surface area contributed by atoms with Crippen molar-refractivity contribution in [2.45, 2.75) is 34.1 Å². The van der Waals surface area contributed by atoms with Crippen molar-refractivity contribution in [3.05, 3.63) is 83.1 Å². The highest BCUT2D eigenvalue weighted by Gasteiger charge is 2.51. The maximum absolute atomic E-state index is 14.7. The number of halogens is 1. The molecule has 0 radical (unpaired) electrons. The van der Waals surface area contributed by atoms with Gasteiger partial charge in [0, 0.05) is 10.5 Å². The maximum Gasteiger partial charge on any atom is 0.285 e. The first-order valence-corrected chi connectivity index (χ1v) is 12.6. The second-order valence-corrected chi connectivity index (χ2v) is 10.7. The molecule has 0 aliphatic heterocycles. The minimum Gasteiger partial charge on any atom is -0.266 e. The van der Waals surface area contributed by atoms with E-state index < -0.39 is 20.4 Å². The average Bonchev–Trinajstić information content (AvgIpc) is 2.73. The molecule has 1 fully saturated rings. The predicted octanol–water partition coefficient (Wildman–Crippen LogP) is 5.60. The molecular weight excluding hydrogens is 438 g/mol. The van der Waals surface area contributed by atoms with Gasteiger partial charge in [-0.3, -0.25) is 4.79 Å². The van der Waals surface area contributed by atoms with E-state index in [-0.39, 0.29) is 0 Å². The smallest absolute Gasteiger partial charge is 0.266 e. The van der Waals surface area contributed by atoms with E-state index in [4.69, 9.17) is 11.6 Å². The Morgan fingerprint density at radius 3 is 2.27 bits per heavy atom. The first-order valence-electron chi connectivity index (χ1n) is 9.49. The van der Waals surface area contributed by atoms with Gasteiger partial charge < -0.3 is 0 Å². The summed E-state index contributed by atoms with van der Waals surface area (Å²) in [6.07, 6.45) is 3.94. The van der Waals surface area contributed by atoms with Crippen LogP contribution in [0, 0.1) is 0 Å². The minimum atomic E-state index is -3.20. The molecule has 0 bridgehead atoms. The second-order valence-electron chi connectivity index (χ2n) is 7.01. The summed E-state index contributed by atoms with van der Waals surface area (Å²) >= 11 is 7.63. The zero-order valence-electron chi connectivity index (χ0n) is 16.3. The number of aromatic nitrogens is 2. The van der Waals surface area contributed by atoms with Gasteiger partial charge in [-0.2, -0.15) is 4.36 Å². The molecule has 1 atom stereocenters. The molecule has 154 valence electrons. The van der Waals surface area contributed by atoms with Crippen molar-refractivity contribution in [2.24, 2.45) is 4.36 Å². The SMILES string of the molecule is CSc1nc(Cl)cc(C2(S(=O)(=NC(=O)c3ccccc3)c3ccccc3)CCC2)n1. The molecule has 1 amide bonds. The monoisotopic (exact) mass is 457 g/mol. The lowest BCUT2D eigenvalue weighted by molar-refractivity contribution is 0.100. The second kappa shape index (κ2) is 8.49. The summed E-state index contributed by atoms with van der Waals surface area (Å²) < 4.78 is 18.2. The number of thioether (sulfide) groups is 1. The molecule has 1 aromatic heterocycles. The van der Waals surface area contributed by atoms with Gasteiger partial charge in [0.1, 0.15) is 9.90 Å². The van der Waals surface area contributed by atoms with E-state index in [1.54, 1.807) is 42.5 Å². The minimum absolute atomic E-state index is 0.292. The van der Waals surface area contributed by atoms with Crippen LogP contribution in [0.1, 0.15) is 35.3 Å². The lowest BCUT2D eigenvalue weighted by Gasteiger charge is -2.43. The number of rotatable bonds is 5. The van der Waals surface area contributed by atoms with Crippen LogP contribution >= 0.6 is 23.4 Å². The number of carbonyl (C=O) groups is 1. The molecule has 0 N–H and O–H groups in total. The zero-order chi connectivity index (χ0) is 21.2. The van der Waals surface area contributed by atoms with Gasteiger partial charge in [-0.25, -0.2) is 14.2 Å². The number of amides is 1. The number of benzene rings is 2. The molecule has 3 aromatic rings. The topological polar surface area (TPSA) is 72.3 Å². The Morgan fingerprint density at radius 1 is 1.07 bits per heavy atom. The Labute approximate surface area is 185 Å². The standard InChI is InChI=1S/C22H20ClN3O2S2/c1-29-21-24-18(15-19(23)25-21)22(13-8-14-22)30(28,17-11-6-3-7-12-17)26-20(27)16-9-4-2-5-10-16/h2-7,9-12,15H,8,13-14H2,1H3. The summed E-state index contributed by atoms with van der Waals surface area (Å²) in [6, 6.07) is 19.4. The summed E-state index contributed by atoms with van der Waals surface area (Å²) in [4.78, 5) is 22.4. The molecule has 2 aromatic carbocycles. The summed E-state index contributed by atoms with van der Waals surface area (Å²) in [7, 11) is -3.20. The van der Waals surface area contributed by atoms with Crippen LogP contribution < -0.4 is 0 Å². The Kier molecular flexibility index (Phi) is 5.95. The molecule has 4 rings (SSSR count). The van der Waals surface area contributed by atoms with E-state index in [2.05, 4.69) is 14.3 Å². The highest BCUT2D eigenvalue weighted by atomic mass is 35.5. The summed E-state index contributed by atoms with van der Waals surface area (Å²) in [6.45, 7) is 0. The van der Waals surface area contributed by atoms with Gasteiger partial charge >= 0.3 is 0 Å². The van der Waals surface area contributed by atoms with Crippen LogP contribution in [0.15, 0.2) is 81.1 Å². The van der Waals surface area contributed by atoms with Crippen LogP contribution in [0.5, 0.6) is 0 Å². The molecule has 1 unspecified atom stereocenters.